The maximum atomic E-state index is 13.3. The van der Waals surface area contributed by atoms with E-state index in [2.05, 4.69) is 13.8 Å². The number of aromatic hydroxyl groups is 1. The number of hydrogen-bond acceptors (Lipinski definition) is 6. The van der Waals surface area contributed by atoms with E-state index in [-0.39, 0.29) is 30.3 Å². The number of phenolic OH excluding ortho intramolecular Hbond substituents is 1. The summed E-state index contributed by atoms with van der Waals surface area (Å²) in [6, 6.07) is 6.77. The van der Waals surface area contributed by atoms with Crippen molar-refractivity contribution >= 4 is 16.9 Å². The molecule has 0 unspecified atom stereocenters. The van der Waals surface area contributed by atoms with E-state index in [0.717, 1.165) is 22.0 Å². The molecule has 1 atom stereocenters. The highest BCUT2D eigenvalue weighted by atomic mass is 16.6. The Bertz CT molecular complexity index is 1310. The van der Waals surface area contributed by atoms with E-state index >= 15 is 0 Å². The number of aliphatic hydroxyl groups is 1. The summed E-state index contributed by atoms with van der Waals surface area (Å²) in [5.74, 6) is -0.425. The van der Waals surface area contributed by atoms with Crippen molar-refractivity contribution < 1.29 is 19.7 Å². The van der Waals surface area contributed by atoms with E-state index in [0.29, 0.717) is 29.1 Å². The predicted molar refractivity (Wildman–Crippen MR) is 110 cm³/mol. The predicted octanol–water partition coefficient (Wildman–Crippen LogP) is 2.91. The van der Waals surface area contributed by atoms with Crippen LogP contribution in [0.4, 0.5) is 0 Å². The summed E-state index contributed by atoms with van der Waals surface area (Å²) in [5, 5.41) is 21.8. The first-order valence-corrected chi connectivity index (χ1v) is 10.1. The van der Waals surface area contributed by atoms with Crippen molar-refractivity contribution in [2.24, 2.45) is 0 Å². The first-order chi connectivity index (χ1) is 14.3. The Balaban J connectivity index is 1.85. The van der Waals surface area contributed by atoms with E-state index in [1.165, 1.54) is 0 Å². The normalized spacial score (nSPS) is 19.6. The second-order valence-corrected chi connectivity index (χ2v) is 8.31. The molecule has 0 bridgehead atoms. The van der Waals surface area contributed by atoms with E-state index in [9.17, 15) is 19.8 Å². The highest BCUT2D eigenvalue weighted by Crippen LogP contribution is 2.42. The van der Waals surface area contributed by atoms with Crippen LogP contribution in [0.5, 0.6) is 5.75 Å². The molecule has 2 aliphatic heterocycles. The van der Waals surface area contributed by atoms with Gasteiger partial charge in [-0.3, -0.25) is 4.79 Å². The Morgan fingerprint density at radius 1 is 1.23 bits per heavy atom. The molecule has 30 heavy (non-hydrogen) atoms. The molecule has 0 radical (unpaired) electrons. The number of esters is 1. The number of cyclic esters (lactones) is 1. The smallest absolute Gasteiger partial charge is 0.343 e. The summed E-state index contributed by atoms with van der Waals surface area (Å²) in [5.41, 5.74) is 2.45. The van der Waals surface area contributed by atoms with Gasteiger partial charge in [0.05, 0.1) is 29.0 Å². The van der Waals surface area contributed by atoms with Crippen molar-refractivity contribution in [3.8, 4) is 17.1 Å². The maximum absolute atomic E-state index is 13.3. The summed E-state index contributed by atoms with van der Waals surface area (Å²) >= 11 is 0. The summed E-state index contributed by atoms with van der Waals surface area (Å²) < 4.78 is 6.76. The Hall–Kier alpha value is -3.19. The lowest BCUT2D eigenvalue weighted by atomic mass is 9.86. The minimum atomic E-state index is -1.84. The minimum Gasteiger partial charge on any atom is -0.508 e. The molecule has 5 rings (SSSR count). The molecule has 0 aliphatic carbocycles. The Kier molecular flexibility index (Phi) is 3.86. The van der Waals surface area contributed by atoms with Crippen molar-refractivity contribution in [3.63, 3.8) is 0 Å². The molecule has 2 aliphatic rings. The number of carbonyl (C=O) groups is 1. The van der Waals surface area contributed by atoms with Crippen molar-refractivity contribution in [1.29, 1.82) is 0 Å². The molecular weight excluding hydrogens is 384 g/mol. The fourth-order valence-electron chi connectivity index (χ4n) is 4.76. The zero-order chi connectivity index (χ0) is 21.4. The number of hydrogen-bond donors (Lipinski definition) is 2. The van der Waals surface area contributed by atoms with Crippen LogP contribution in [0.3, 0.4) is 0 Å². The third-order valence-electron chi connectivity index (χ3n) is 6.29. The van der Waals surface area contributed by atoms with Gasteiger partial charge in [-0.1, -0.05) is 20.8 Å². The number of nitrogens with zero attached hydrogens (tertiary/aromatic N) is 2. The first-order valence-electron chi connectivity index (χ1n) is 10.1. The van der Waals surface area contributed by atoms with Gasteiger partial charge in [-0.15, -0.1) is 0 Å². The number of ether oxygens (including phenoxy) is 1. The van der Waals surface area contributed by atoms with Crippen molar-refractivity contribution in [2.45, 2.75) is 51.9 Å². The molecule has 154 valence electrons. The van der Waals surface area contributed by atoms with Gasteiger partial charge in [0, 0.05) is 16.5 Å². The van der Waals surface area contributed by atoms with Gasteiger partial charge in [-0.05, 0) is 42.2 Å². The zero-order valence-electron chi connectivity index (χ0n) is 17.0. The fourth-order valence-corrected chi connectivity index (χ4v) is 4.76. The van der Waals surface area contributed by atoms with Crippen LogP contribution in [0.1, 0.15) is 55.4 Å². The summed E-state index contributed by atoms with van der Waals surface area (Å²) in [6.07, 6.45) is 0.107. The number of aromatic nitrogens is 2. The number of rotatable bonds is 2. The molecular formula is C23H22N2O5. The van der Waals surface area contributed by atoms with Gasteiger partial charge in [-0.25, -0.2) is 9.78 Å². The van der Waals surface area contributed by atoms with Crippen LogP contribution >= 0.6 is 0 Å². The fraction of sp³-hybridized carbons (Fsp3) is 0.348. The van der Waals surface area contributed by atoms with Crippen molar-refractivity contribution in [3.05, 3.63) is 56.9 Å². The number of carbonyl (C=O) groups excluding carboxylic acids is 1. The summed E-state index contributed by atoms with van der Waals surface area (Å²) in [6.45, 7) is 6.02. The standard InChI is InChI=1S/C23H22N2O5/c1-4-23(29)16-8-18-20-14(9-25(18)21(27)15(16)10-30-22(23)28)19(11(2)3)13-7-12(26)5-6-17(13)24-20/h5-8,11,26,29H,4,9-10H2,1-3H3/t23-/m0/s1. The van der Waals surface area contributed by atoms with Gasteiger partial charge < -0.3 is 19.5 Å². The summed E-state index contributed by atoms with van der Waals surface area (Å²) in [4.78, 5) is 30.4. The molecule has 0 amide bonds. The zero-order valence-corrected chi connectivity index (χ0v) is 17.0. The highest BCUT2D eigenvalue weighted by Gasteiger charge is 2.45. The third kappa shape index (κ3) is 2.32. The molecule has 0 fully saturated rings. The second-order valence-electron chi connectivity index (χ2n) is 8.31. The van der Waals surface area contributed by atoms with Crippen LogP contribution in [-0.4, -0.2) is 25.7 Å². The topological polar surface area (TPSA) is 102 Å². The largest absolute Gasteiger partial charge is 0.508 e. The monoisotopic (exact) mass is 406 g/mol. The third-order valence-corrected chi connectivity index (χ3v) is 6.29. The van der Waals surface area contributed by atoms with E-state index in [1.54, 1.807) is 35.8 Å². The first kappa shape index (κ1) is 18.8. The average Bonchev–Trinajstić information content (AvgIpc) is 3.07. The van der Waals surface area contributed by atoms with E-state index < -0.39 is 11.6 Å². The molecule has 3 aromatic rings. The Labute approximate surface area is 172 Å². The van der Waals surface area contributed by atoms with Crippen LogP contribution in [0.15, 0.2) is 29.1 Å². The molecule has 0 spiro atoms. The van der Waals surface area contributed by atoms with E-state index in [4.69, 9.17) is 9.72 Å². The van der Waals surface area contributed by atoms with E-state index in [1.807, 2.05) is 0 Å². The maximum Gasteiger partial charge on any atom is 0.343 e. The number of phenols is 1. The van der Waals surface area contributed by atoms with Crippen LogP contribution < -0.4 is 5.56 Å². The van der Waals surface area contributed by atoms with Gasteiger partial charge in [0.25, 0.3) is 5.56 Å². The molecule has 7 nitrogen and oxygen atoms in total. The van der Waals surface area contributed by atoms with Crippen LogP contribution in [-0.2, 0) is 28.3 Å². The van der Waals surface area contributed by atoms with Crippen LogP contribution in [0.2, 0.25) is 0 Å². The minimum absolute atomic E-state index is 0.107. The number of benzene rings is 1. The molecule has 2 N–H and O–H groups in total. The Morgan fingerprint density at radius 2 is 2.00 bits per heavy atom. The van der Waals surface area contributed by atoms with Gasteiger partial charge >= 0.3 is 5.97 Å². The van der Waals surface area contributed by atoms with Crippen LogP contribution in [0, 0.1) is 0 Å². The molecule has 1 aromatic carbocycles. The highest BCUT2D eigenvalue weighted by molar-refractivity contribution is 5.90. The van der Waals surface area contributed by atoms with Gasteiger partial charge in [0.2, 0.25) is 0 Å². The Morgan fingerprint density at radius 3 is 2.70 bits per heavy atom. The molecule has 4 heterocycles. The van der Waals surface area contributed by atoms with Gasteiger partial charge in [-0.2, -0.15) is 0 Å². The lowest BCUT2D eigenvalue weighted by molar-refractivity contribution is -0.172. The quantitative estimate of drug-likeness (QED) is 0.497. The van der Waals surface area contributed by atoms with Gasteiger partial charge in [0.1, 0.15) is 12.4 Å². The SMILES string of the molecule is CC[C@@]1(O)C(=O)OCc2c1cc1n(c2=O)Cc2c-1nc1ccc(O)cc1c2C(C)C. The molecule has 2 aromatic heterocycles. The molecule has 7 heteroatoms. The summed E-state index contributed by atoms with van der Waals surface area (Å²) in [7, 11) is 0. The number of fused-ring (bicyclic) bond motifs is 5. The lowest BCUT2D eigenvalue weighted by Crippen LogP contribution is -2.44. The molecule has 0 saturated carbocycles. The second kappa shape index (κ2) is 6.15. The van der Waals surface area contributed by atoms with Gasteiger partial charge in [0.15, 0.2) is 5.60 Å². The van der Waals surface area contributed by atoms with Crippen LogP contribution in [0.25, 0.3) is 22.3 Å². The van der Waals surface area contributed by atoms with Crippen molar-refractivity contribution in [1.82, 2.24) is 9.55 Å². The lowest BCUT2D eigenvalue weighted by Gasteiger charge is -2.31. The average molecular weight is 406 g/mol. The molecule has 0 saturated heterocycles. The number of pyridine rings is 2. The van der Waals surface area contributed by atoms with Crippen molar-refractivity contribution in [2.75, 3.05) is 0 Å².